The quantitative estimate of drug-likeness (QED) is 0.739. The smallest absolute Gasteiger partial charge is 0.354 e. The van der Waals surface area contributed by atoms with Gasteiger partial charge in [0.25, 0.3) is 0 Å². The minimum Gasteiger partial charge on any atom is -0.477 e. The van der Waals surface area contributed by atoms with Gasteiger partial charge in [0.2, 0.25) is 0 Å². The third-order valence-electron chi connectivity index (χ3n) is 4.08. The Labute approximate surface area is 119 Å². The summed E-state index contributed by atoms with van der Waals surface area (Å²) in [6.45, 7) is 1.49. The Balaban J connectivity index is 1.88. The fraction of sp³-hybridized carbons (Fsp3) is 0.600. The van der Waals surface area contributed by atoms with Crippen LogP contribution in [0.3, 0.4) is 0 Å². The third-order valence-corrected chi connectivity index (χ3v) is 4.08. The fourth-order valence-electron chi connectivity index (χ4n) is 2.85. The van der Waals surface area contributed by atoms with Crippen LogP contribution >= 0.6 is 0 Å². The lowest BCUT2D eigenvalue weighted by molar-refractivity contribution is 0.0690. The Morgan fingerprint density at radius 2 is 2.05 bits per heavy atom. The molecule has 5 heteroatoms. The zero-order chi connectivity index (χ0) is 14.4. The highest BCUT2D eigenvalue weighted by atomic mass is 16.4. The van der Waals surface area contributed by atoms with Crippen LogP contribution in [0.5, 0.6) is 0 Å². The van der Waals surface area contributed by atoms with Crippen molar-refractivity contribution >= 4 is 5.97 Å². The van der Waals surface area contributed by atoms with E-state index >= 15 is 0 Å². The van der Waals surface area contributed by atoms with Crippen molar-refractivity contribution in [1.82, 2.24) is 10.3 Å². The van der Waals surface area contributed by atoms with Gasteiger partial charge in [0, 0.05) is 25.1 Å². The number of nitrogens with zero attached hydrogens (tertiary/aromatic N) is 1. The number of aromatic carboxylic acids is 1. The Morgan fingerprint density at radius 1 is 1.30 bits per heavy atom. The molecular weight excluding hydrogens is 256 g/mol. The summed E-state index contributed by atoms with van der Waals surface area (Å²) < 4.78 is 0. The number of pyridine rings is 1. The number of hydrogen-bond donors (Lipinski definition) is 3. The molecule has 1 fully saturated rings. The van der Waals surface area contributed by atoms with E-state index in [9.17, 15) is 9.90 Å². The normalized spacial score (nSPS) is 17.9. The number of carboxylic acid groups (broad SMARTS) is 1. The first-order valence-electron chi connectivity index (χ1n) is 7.16. The van der Waals surface area contributed by atoms with E-state index in [1.54, 1.807) is 6.07 Å². The van der Waals surface area contributed by atoms with Crippen molar-refractivity contribution in [2.45, 2.75) is 38.6 Å². The standard InChI is InChI=1S/C15H22N2O3/c18-11-15(7-2-1-3-8-15)10-16-9-12-5-4-6-13(17-12)14(19)20/h4-6,16,18H,1-3,7-11H2,(H,19,20). The minimum absolute atomic E-state index is 0.0113. The second-order valence-corrected chi connectivity index (χ2v) is 5.64. The number of aromatic nitrogens is 1. The molecule has 0 aliphatic heterocycles. The van der Waals surface area contributed by atoms with Gasteiger partial charge in [-0.1, -0.05) is 25.3 Å². The van der Waals surface area contributed by atoms with Crippen molar-refractivity contribution in [1.29, 1.82) is 0 Å². The lowest BCUT2D eigenvalue weighted by Crippen LogP contribution is -2.39. The lowest BCUT2D eigenvalue weighted by atomic mass is 9.74. The summed E-state index contributed by atoms with van der Waals surface area (Å²) in [7, 11) is 0. The van der Waals surface area contributed by atoms with Gasteiger partial charge in [-0.2, -0.15) is 0 Å². The first-order valence-corrected chi connectivity index (χ1v) is 7.16. The molecule has 20 heavy (non-hydrogen) atoms. The van der Waals surface area contributed by atoms with Crippen LogP contribution in [0.15, 0.2) is 18.2 Å². The molecule has 110 valence electrons. The molecule has 0 atom stereocenters. The van der Waals surface area contributed by atoms with Crippen molar-refractivity contribution in [3.63, 3.8) is 0 Å². The Kier molecular flexibility index (Phi) is 5.09. The van der Waals surface area contributed by atoms with Crippen LogP contribution in [0.4, 0.5) is 0 Å². The number of carbonyl (C=O) groups is 1. The highest BCUT2D eigenvalue weighted by molar-refractivity contribution is 5.85. The highest BCUT2D eigenvalue weighted by Gasteiger charge is 2.30. The number of rotatable bonds is 6. The van der Waals surface area contributed by atoms with Crippen molar-refractivity contribution in [3.8, 4) is 0 Å². The van der Waals surface area contributed by atoms with Crippen molar-refractivity contribution in [2.75, 3.05) is 13.2 Å². The molecule has 0 saturated heterocycles. The zero-order valence-electron chi connectivity index (χ0n) is 11.6. The Hall–Kier alpha value is -1.46. The Bertz CT molecular complexity index is 456. The van der Waals surface area contributed by atoms with E-state index < -0.39 is 5.97 Å². The second-order valence-electron chi connectivity index (χ2n) is 5.64. The van der Waals surface area contributed by atoms with Crippen LogP contribution in [0.25, 0.3) is 0 Å². The molecule has 0 amide bonds. The van der Waals surface area contributed by atoms with Crippen LogP contribution in [-0.4, -0.2) is 34.3 Å². The van der Waals surface area contributed by atoms with Crippen molar-refractivity contribution in [3.05, 3.63) is 29.6 Å². The lowest BCUT2D eigenvalue weighted by Gasteiger charge is -2.35. The largest absolute Gasteiger partial charge is 0.477 e. The van der Waals surface area contributed by atoms with E-state index in [4.69, 9.17) is 5.11 Å². The van der Waals surface area contributed by atoms with E-state index in [1.165, 1.54) is 25.3 Å². The monoisotopic (exact) mass is 278 g/mol. The van der Waals surface area contributed by atoms with E-state index in [0.29, 0.717) is 12.2 Å². The first kappa shape index (κ1) is 14.9. The number of hydrogen-bond acceptors (Lipinski definition) is 4. The zero-order valence-corrected chi connectivity index (χ0v) is 11.6. The van der Waals surface area contributed by atoms with Gasteiger partial charge < -0.3 is 15.5 Å². The van der Waals surface area contributed by atoms with Gasteiger partial charge in [-0.3, -0.25) is 0 Å². The predicted octanol–water partition coefficient (Wildman–Crippen LogP) is 1.81. The molecule has 0 spiro atoms. The maximum absolute atomic E-state index is 10.9. The summed E-state index contributed by atoms with van der Waals surface area (Å²) in [6.07, 6.45) is 5.71. The number of aliphatic hydroxyl groups is 1. The molecule has 1 aromatic heterocycles. The van der Waals surface area contributed by atoms with Crippen molar-refractivity contribution < 1.29 is 15.0 Å². The molecule has 1 saturated carbocycles. The molecule has 1 aliphatic carbocycles. The summed E-state index contributed by atoms with van der Waals surface area (Å²) >= 11 is 0. The second kappa shape index (κ2) is 6.81. The molecular formula is C15H22N2O3. The van der Waals surface area contributed by atoms with Crippen LogP contribution in [-0.2, 0) is 6.54 Å². The molecule has 2 rings (SSSR count). The van der Waals surface area contributed by atoms with Crippen LogP contribution in [0.1, 0.15) is 48.3 Å². The molecule has 5 nitrogen and oxygen atoms in total. The first-order chi connectivity index (χ1) is 9.65. The highest BCUT2D eigenvalue weighted by Crippen LogP contribution is 2.35. The average molecular weight is 278 g/mol. The summed E-state index contributed by atoms with van der Waals surface area (Å²) in [5.41, 5.74) is 0.774. The van der Waals surface area contributed by atoms with Crippen LogP contribution < -0.4 is 5.32 Å². The molecule has 0 unspecified atom stereocenters. The minimum atomic E-state index is -1.01. The van der Waals surface area contributed by atoms with Gasteiger partial charge in [0.05, 0.1) is 5.69 Å². The number of aliphatic hydroxyl groups excluding tert-OH is 1. The molecule has 3 N–H and O–H groups in total. The van der Waals surface area contributed by atoms with Gasteiger partial charge in [-0.05, 0) is 25.0 Å². The van der Waals surface area contributed by atoms with Gasteiger partial charge in [0.15, 0.2) is 0 Å². The molecule has 0 aromatic carbocycles. The maximum Gasteiger partial charge on any atom is 0.354 e. The summed E-state index contributed by atoms with van der Waals surface area (Å²) in [4.78, 5) is 14.9. The summed E-state index contributed by atoms with van der Waals surface area (Å²) in [5.74, 6) is -1.01. The fourth-order valence-corrected chi connectivity index (χ4v) is 2.85. The third kappa shape index (κ3) is 3.77. The summed E-state index contributed by atoms with van der Waals surface area (Å²) in [6, 6.07) is 5.00. The number of nitrogens with one attached hydrogen (secondary N) is 1. The molecule has 1 aromatic rings. The van der Waals surface area contributed by atoms with E-state index in [-0.39, 0.29) is 17.7 Å². The SMILES string of the molecule is O=C(O)c1cccc(CNCC2(CO)CCCCC2)n1. The Morgan fingerprint density at radius 3 is 2.70 bits per heavy atom. The van der Waals surface area contributed by atoms with Crippen LogP contribution in [0.2, 0.25) is 0 Å². The predicted molar refractivity (Wildman–Crippen MR) is 75.5 cm³/mol. The van der Waals surface area contributed by atoms with E-state index in [2.05, 4.69) is 10.3 Å². The topological polar surface area (TPSA) is 82.5 Å². The van der Waals surface area contributed by atoms with Gasteiger partial charge in [-0.25, -0.2) is 9.78 Å². The van der Waals surface area contributed by atoms with Crippen LogP contribution in [0, 0.1) is 5.41 Å². The summed E-state index contributed by atoms with van der Waals surface area (Å²) in [5, 5.41) is 21.8. The molecule has 1 heterocycles. The van der Waals surface area contributed by atoms with Gasteiger partial charge >= 0.3 is 5.97 Å². The van der Waals surface area contributed by atoms with E-state index in [1.807, 2.05) is 6.07 Å². The molecule has 1 aliphatic rings. The van der Waals surface area contributed by atoms with Crippen molar-refractivity contribution in [2.24, 2.45) is 5.41 Å². The molecule has 0 bridgehead atoms. The van der Waals surface area contributed by atoms with Gasteiger partial charge in [0.1, 0.15) is 5.69 Å². The number of carboxylic acids is 1. The molecule has 0 radical (unpaired) electrons. The van der Waals surface area contributed by atoms with Gasteiger partial charge in [-0.15, -0.1) is 0 Å². The van der Waals surface area contributed by atoms with E-state index in [0.717, 1.165) is 19.4 Å². The average Bonchev–Trinajstić information content (AvgIpc) is 2.48. The maximum atomic E-state index is 10.9.